The van der Waals surface area contributed by atoms with Crippen molar-refractivity contribution >= 4 is 23.9 Å². The summed E-state index contributed by atoms with van der Waals surface area (Å²) in [5.41, 5.74) is 4.53. The minimum Gasteiger partial charge on any atom is -0.480 e. The average molecular weight is 426 g/mol. The maximum absolute atomic E-state index is 11.7. The lowest BCUT2D eigenvalue weighted by Gasteiger charge is -2.15. The fourth-order valence-corrected chi connectivity index (χ4v) is 3.42. The Bertz CT molecular complexity index is 975. The summed E-state index contributed by atoms with van der Waals surface area (Å²) in [4.78, 5) is 42.9. The zero-order valence-corrected chi connectivity index (χ0v) is 16.7. The summed E-state index contributed by atoms with van der Waals surface area (Å²) in [6, 6.07) is 15.1. The maximum atomic E-state index is 11.7. The van der Waals surface area contributed by atoms with Crippen LogP contribution in [0, 0.1) is 0 Å². The van der Waals surface area contributed by atoms with E-state index in [0.717, 1.165) is 22.3 Å². The van der Waals surface area contributed by atoms with E-state index in [9.17, 15) is 19.2 Å². The molecule has 0 saturated carbocycles. The second kappa shape index (κ2) is 9.40. The molecule has 9 nitrogen and oxygen atoms in total. The lowest BCUT2D eigenvalue weighted by Crippen LogP contribution is -2.39. The predicted octanol–water partition coefficient (Wildman–Crippen LogP) is 1.39. The normalized spacial score (nSPS) is 17.5. The number of carboxylic acids is 1. The number of fused-ring (bicyclic) bond motifs is 3. The van der Waals surface area contributed by atoms with Gasteiger partial charge in [0, 0.05) is 5.92 Å². The third-order valence-electron chi connectivity index (χ3n) is 4.99. The van der Waals surface area contributed by atoms with Gasteiger partial charge in [0.05, 0.1) is 6.42 Å². The number of hydrogen-bond donors (Lipinski definition) is 4. The molecule has 31 heavy (non-hydrogen) atoms. The molecule has 0 bridgehead atoms. The number of aliphatic carboxylic acids is 1. The lowest BCUT2D eigenvalue weighted by atomic mass is 9.98. The van der Waals surface area contributed by atoms with E-state index in [1.54, 1.807) is 0 Å². The molecule has 1 aliphatic carbocycles. The molecular formula is C22H22N2O7. The molecule has 0 radical (unpaired) electrons. The number of alkyl carbamates (subject to hydrolysis) is 1. The first-order valence-corrected chi connectivity index (χ1v) is 9.64. The number of nitrogens with one attached hydrogen (secondary N) is 2. The number of carbonyl (C=O) groups is 4. The van der Waals surface area contributed by atoms with Crippen molar-refractivity contribution in [1.29, 1.82) is 0 Å². The lowest BCUT2D eigenvalue weighted by molar-refractivity contribution is -0.138. The van der Waals surface area contributed by atoms with Crippen LogP contribution in [0.1, 0.15) is 30.4 Å². The van der Waals surface area contributed by atoms with Crippen molar-refractivity contribution in [3.8, 4) is 11.1 Å². The van der Waals surface area contributed by atoms with Crippen LogP contribution in [0.2, 0.25) is 0 Å². The number of aliphatic hydroxyl groups excluding tert-OH is 1. The third-order valence-corrected chi connectivity index (χ3v) is 4.99. The van der Waals surface area contributed by atoms with Gasteiger partial charge in [-0.1, -0.05) is 48.5 Å². The molecule has 2 aliphatic rings. The first kappa shape index (κ1) is 22.0. The molecule has 4 rings (SSSR count). The van der Waals surface area contributed by atoms with E-state index < -0.39 is 36.0 Å². The minimum atomic E-state index is -1.11. The molecule has 2 aromatic carbocycles. The standard InChI is InChI=1S/C18H17NO4.C4H5NO3/c1-11(17(20)21)19-18(22)23-10-16-14-8-4-2-6-12(14)13-7-3-5-9-15(13)16;6-2-1-3(7)5-4(2)8/h2-9,11,16H,10H2,1H3,(H,19,22)(H,20,21);2,6H,1H2,(H,5,7,8). The van der Waals surface area contributed by atoms with Crippen LogP contribution in [0.5, 0.6) is 0 Å². The molecule has 1 saturated heterocycles. The summed E-state index contributed by atoms with van der Waals surface area (Å²) in [6.07, 6.45) is -1.91. The van der Waals surface area contributed by atoms with Gasteiger partial charge in [-0.05, 0) is 29.2 Å². The van der Waals surface area contributed by atoms with Gasteiger partial charge in [0.2, 0.25) is 5.91 Å². The van der Waals surface area contributed by atoms with Crippen LogP contribution in [0.4, 0.5) is 4.79 Å². The molecule has 3 amide bonds. The van der Waals surface area contributed by atoms with Gasteiger partial charge in [0.15, 0.2) is 0 Å². The summed E-state index contributed by atoms with van der Waals surface area (Å²) < 4.78 is 5.25. The molecule has 2 aromatic rings. The number of aliphatic hydroxyl groups is 1. The molecule has 2 atom stereocenters. The first-order valence-electron chi connectivity index (χ1n) is 9.64. The number of carbonyl (C=O) groups excluding carboxylic acids is 3. The molecule has 0 aromatic heterocycles. The van der Waals surface area contributed by atoms with Crippen molar-refractivity contribution in [2.75, 3.05) is 6.61 Å². The molecule has 1 heterocycles. The highest BCUT2D eigenvalue weighted by Gasteiger charge is 2.29. The van der Waals surface area contributed by atoms with Gasteiger partial charge in [0.25, 0.3) is 5.91 Å². The Labute approximate surface area is 178 Å². The van der Waals surface area contributed by atoms with Crippen LogP contribution in [0.15, 0.2) is 48.5 Å². The highest BCUT2D eigenvalue weighted by molar-refractivity contribution is 6.04. The molecule has 2 unspecified atom stereocenters. The fourth-order valence-electron chi connectivity index (χ4n) is 3.42. The summed E-state index contributed by atoms with van der Waals surface area (Å²) in [5, 5.41) is 21.6. The van der Waals surface area contributed by atoms with Crippen LogP contribution in [0.25, 0.3) is 11.1 Å². The summed E-state index contributed by atoms with van der Waals surface area (Å²) in [7, 11) is 0. The second-order valence-corrected chi connectivity index (χ2v) is 7.16. The Hall–Kier alpha value is -3.72. The van der Waals surface area contributed by atoms with Crippen LogP contribution < -0.4 is 10.6 Å². The second-order valence-electron chi connectivity index (χ2n) is 7.16. The van der Waals surface area contributed by atoms with Crippen LogP contribution in [-0.4, -0.2) is 52.8 Å². The number of amides is 3. The Balaban J connectivity index is 0.000000287. The Morgan fingerprint density at radius 2 is 1.65 bits per heavy atom. The van der Waals surface area contributed by atoms with Gasteiger partial charge in [0.1, 0.15) is 18.8 Å². The van der Waals surface area contributed by atoms with E-state index in [-0.39, 0.29) is 18.9 Å². The molecule has 162 valence electrons. The fraction of sp³-hybridized carbons (Fsp3) is 0.273. The topological polar surface area (TPSA) is 142 Å². The van der Waals surface area contributed by atoms with Gasteiger partial charge < -0.3 is 20.3 Å². The predicted molar refractivity (Wildman–Crippen MR) is 109 cm³/mol. The Morgan fingerprint density at radius 3 is 2.06 bits per heavy atom. The number of rotatable bonds is 4. The maximum Gasteiger partial charge on any atom is 0.407 e. The molecule has 4 N–H and O–H groups in total. The van der Waals surface area contributed by atoms with Crippen molar-refractivity contribution in [3.05, 3.63) is 59.7 Å². The highest BCUT2D eigenvalue weighted by atomic mass is 16.5. The third kappa shape index (κ3) is 5.07. The van der Waals surface area contributed by atoms with E-state index >= 15 is 0 Å². The summed E-state index contributed by atoms with van der Waals surface area (Å²) in [6.45, 7) is 1.57. The number of hydrogen-bond acceptors (Lipinski definition) is 6. The van der Waals surface area contributed by atoms with Crippen LogP contribution in [-0.2, 0) is 19.1 Å². The van der Waals surface area contributed by atoms with Gasteiger partial charge in [-0.25, -0.2) is 4.79 Å². The van der Waals surface area contributed by atoms with E-state index in [0.29, 0.717) is 0 Å². The zero-order chi connectivity index (χ0) is 22.5. The molecule has 0 spiro atoms. The summed E-state index contributed by atoms with van der Waals surface area (Å²) >= 11 is 0. The highest BCUT2D eigenvalue weighted by Crippen LogP contribution is 2.44. The minimum absolute atomic E-state index is 0.0340. The molecule has 1 fully saturated rings. The molecule has 9 heteroatoms. The van der Waals surface area contributed by atoms with E-state index in [2.05, 4.69) is 17.4 Å². The van der Waals surface area contributed by atoms with E-state index in [1.807, 2.05) is 41.7 Å². The van der Waals surface area contributed by atoms with Gasteiger partial charge in [-0.15, -0.1) is 0 Å². The van der Waals surface area contributed by atoms with E-state index in [1.165, 1.54) is 6.92 Å². The largest absolute Gasteiger partial charge is 0.480 e. The van der Waals surface area contributed by atoms with Crippen LogP contribution in [0.3, 0.4) is 0 Å². The monoisotopic (exact) mass is 426 g/mol. The number of carboxylic acid groups (broad SMARTS) is 1. The number of imide groups is 1. The van der Waals surface area contributed by atoms with Gasteiger partial charge in [-0.3, -0.25) is 19.7 Å². The Kier molecular flexibility index (Phi) is 6.66. The molecular weight excluding hydrogens is 404 g/mol. The van der Waals surface area contributed by atoms with Crippen LogP contribution >= 0.6 is 0 Å². The quantitative estimate of drug-likeness (QED) is 0.541. The average Bonchev–Trinajstić information content (AvgIpc) is 3.22. The van der Waals surface area contributed by atoms with Gasteiger partial charge in [-0.2, -0.15) is 0 Å². The zero-order valence-electron chi connectivity index (χ0n) is 16.7. The van der Waals surface area contributed by atoms with Crippen molar-refractivity contribution in [2.24, 2.45) is 0 Å². The molecule has 1 aliphatic heterocycles. The van der Waals surface area contributed by atoms with Crippen molar-refractivity contribution in [3.63, 3.8) is 0 Å². The first-order chi connectivity index (χ1) is 14.8. The van der Waals surface area contributed by atoms with E-state index in [4.69, 9.17) is 14.9 Å². The smallest absolute Gasteiger partial charge is 0.407 e. The van der Waals surface area contributed by atoms with Crippen molar-refractivity contribution in [2.45, 2.75) is 31.4 Å². The van der Waals surface area contributed by atoms with Crippen molar-refractivity contribution < 1.29 is 34.1 Å². The van der Waals surface area contributed by atoms with Crippen molar-refractivity contribution in [1.82, 2.24) is 10.6 Å². The van der Waals surface area contributed by atoms with Gasteiger partial charge >= 0.3 is 12.1 Å². The summed E-state index contributed by atoms with van der Waals surface area (Å²) in [5.74, 6) is -2.12. The number of ether oxygens (including phenoxy) is 1. The SMILES string of the molecule is CC(NC(=O)OCC1c2ccccc2-c2ccccc21)C(=O)O.O=C1CC(O)C(=O)N1. The Morgan fingerprint density at radius 1 is 1.10 bits per heavy atom. The number of benzene rings is 2.